The van der Waals surface area contributed by atoms with Gasteiger partial charge in [-0.25, -0.2) is 0 Å². The average Bonchev–Trinajstić information content (AvgIpc) is 2.43. The highest BCUT2D eigenvalue weighted by molar-refractivity contribution is 9.10. The third kappa shape index (κ3) is 4.60. The fourth-order valence-electron chi connectivity index (χ4n) is 2.07. The van der Waals surface area contributed by atoms with Gasteiger partial charge in [0.25, 0.3) is 0 Å². The van der Waals surface area contributed by atoms with Gasteiger partial charge in [0, 0.05) is 17.1 Å². The van der Waals surface area contributed by atoms with Crippen LogP contribution in [-0.4, -0.2) is 18.5 Å². The van der Waals surface area contributed by atoms with Crippen LogP contribution in [-0.2, 0) is 10.2 Å². The summed E-state index contributed by atoms with van der Waals surface area (Å²) in [6.45, 7) is 6.51. The summed E-state index contributed by atoms with van der Waals surface area (Å²) in [6.07, 6.45) is 3.13. The van der Waals surface area contributed by atoms with Crippen LogP contribution >= 0.6 is 15.9 Å². The first-order chi connectivity index (χ1) is 9.41. The Kier molecular flexibility index (Phi) is 6.69. The van der Waals surface area contributed by atoms with Gasteiger partial charge < -0.3 is 11.1 Å². The molecule has 0 radical (unpaired) electrons. The number of hydrogen-bond donors (Lipinski definition) is 2. The fraction of sp³-hybridized carbons (Fsp3) is 0.562. The van der Waals surface area contributed by atoms with Crippen molar-refractivity contribution in [1.29, 1.82) is 0 Å². The quantitative estimate of drug-likeness (QED) is 0.799. The molecule has 1 atom stereocenters. The van der Waals surface area contributed by atoms with E-state index in [-0.39, 0.29) is 11.9 Å². The van der Waals surface area contributed by atoms with E-state index in [4.69, 9.17) is 5.73 Å². The summed E-state index contributed by atoms with van der Waals surface area (Å²) in [4.78, 5) is 12.5. The van der Waals surface area contributed by atoms with Gasteiger partial charge in [0.05, 0.1) is 5.41 Å². The molecule has 0 heterocycles. The second-order valence-electron chi connectivity index (χ2n) is 5.68. The molecule has 1 rings (SSSR count). The van der Waals surface area contributed by atoms with E-state index in [0.717, 1.165) is 29.3 Å². The summed E-state index contributed by atoms with van der Waals surface area (Å²) in [6, 6.07) is 7.94. The van der Waals surface area contributed by atoms with E-state index >= 15 is 0 Å². The third-order valence-corrected chi connectivity index (χ3v) is 4.13. The van der Waals surface area contributed by atoms with Crippen LogP contribution in [0.1, 0.15) is 45.6 Å². The fourth-order valence-corrected chi connectivity index (χ4v) is 2.47. The lowest BCUT2D eigenvalue weighted by Gasteiger charge is -2.27. The van der Waals surface area contributed by atoms with E-state index in [1.54, 1.807) is 0 Å². The number of nitrogens with one attached hydrogen (secondary N) is 1. The summed E-state index contributed by atoms with van der Waals surface area (Å²) in [5, 5.41) is 3.08. The van der Waals surface area contributed by atoms with Crippen molar-refractivity contribution in [2.24, 2.45) is 5.73 Å². The van der Waals surface area contributed by atoms with Crippen LogP contribution in [0.15, 0.2) is 28.7 Å². The molecule has 0 aliphatic heterocycles. The van der Waals surface area contributed by atoms with Gasteiger partial charge in [-0.3, -0.25) is 4.79 Å². The lowest BCUT2D eigenvalue weighted by molar-refractivity contribution is -0.126. The van der Waals surface area contributed by atoms with E-state index in [1.807, 2.05) is 38.1 Å². The van der Waals surface area contributed by atoms with Crippen LogP contribution in [0.5, 0.6) is 0 Å². The SMILES string of the molecule is CCCCC(CN)NC(=O)C(C)(C)c1cccc(Br)c1. The van der Waals surface area contributed by atoms with Gasteiger partial charge in [0.15, 0.2) is 0 Å². The molecule has 0 fully saturated rings. The summed E-state index contributed by atoms with van der Waals surface area (Å²) in [7, 11) is 0. The van der Waals surface area contributed by atoms with Crippen molar-refractivity contribution in [2.45, 2.75) is 51.5 Å². The highest BCUT2D eigenvalue weighted by Gasteiger charge is 2.31. The molecular formula is C16H25BrN2O. The number of unbranched alkanes of at least 4 members (excludes halogenated alkanes) is 1. The molecule has 0 bridgehead atoms. The van der Waals surface area contributed by atoms with Gasteiger partial charge in [-0.2, -0.15) is 0 Å². The Morgan fingerprint density at radius 2 is 2.15 bits per heavy atom. The first-order valence-corrected chi connectivity index (χ1v) is 7.98. The second kappa shape index (κ2) is 7.79. The van der Waals surface area contributed by atoms with Gasteiger partial charge in [0.2, 0.25) is 5.91 Å². The minimum absolute atomic E-state index is 0.0298. The number of carbonyl (C=O) groups excluding carboxylic acids is 1. The number of nitrogens with two attached hydrogens (primary N) is 1. The van der Waals surface area contributed by atoms with E-state index in [2.05, 4.69) is 28.2 Å². The molecule has 0 aliphatic rings. The van der Waals surface area contributed by atoms with Crippen LogP contribution < -0.4 is 11.1 Å². The first-order valence-electron chi connectivity index (χ1n) is 7.19. The molecule has 0 aromatic heterocycles. The summed E-state index contributed by atoms with van der Waals surface area (Å²) in [5.74, 6) is 0.0298. The van der Waals surface area contributed by atoms with Crippen molar-refractivity contribution in [2.75, 3.05) is 6.54 Å². The molecule has 112 valence electrons. The topological polar surface area (TPSA) is 55.1 Å². The zero-order chi connectivity index (χ0) is 15.2. The van der Waals surface area contributed by atoms with Crippen LogP contribution in [0.25, 0.3) is 0 Å². The first kappa shape index (κ1) is 17.2. The van der Waals surface area contributed by atoms with Gasteiger partial charge in [-0.05, 0) is 38.0 Å². The van der Waals surface area contributed by atoms with Gasteiger partial charge in [-0.1, -0.05) is 47.8 Å². The highest BCUT2D eigenvalue weighted by Crippen LogP contribution is 2.26. The van der Waals surface area contributed by atoms with Crippen LogP contribution in [0, 0.1) is 0 Å². The molecule has 0 aliphatic carbocycles. The van der Waals surface area contributed by atoms with Crippen molar-refractivity contribution in [3.8, 4) is 0 Å². The lowest BCUT2D eigenvalue weighted by atomic mass is 9.83. The van der Waals surface area contributed by atoms with Crippen molar-refractivity contribution < 1.29 is 4.79 Å². The minimum Gasteiger partial charge on any atom is -0.351 e. The molecular weight excluding hydrogens is 316 g/mol. The number of carbonyl (C=O) groups is 1. The van der Waals surface area contributed by atoms with Gasteiger partial charge in [-0.15, -0.1) is 0 Å². The van der Waals surface area contributed by atoms with Crippen molar-refractivity contribution in [3.05, 3.63) is 34.3 Å². The largest absolute Gasteiger partial charge is 0.351 e. The molecule has 20 heavy (non-hydrogen) atoms. The predicted molar refractivity (Wildman–Crippen MR) is 87.7 cm³/mol. The molecule has 4 heteroatoms. The molecule has 1 amide bonds. The maximum Gasteiger partial charge on any atom is 0.230 e. The normalized spacial score (nSPS) is 13.1. The van der Waals surface area contributed by atoms with E-state index in [9.17, 15) is 4.79 Å². The molecule has 3 N–H and O–H groups in total. The van der Waals surface area contributed by atoms with Crippen molar-refractivity contribution >= 4 is 21.8 Å². The van der Waals surface area contributed by atoms with E-state index < -0.39 is 5.41 Å². The van der Waals surface area contributed by atoms with Crippen molar-refractivity contribution in [3.63, 3.8) is 0 Å². The Hall–Kier alpha value is -0.870. The van der Waals surface area contributed by atoms with E-state index in [1.165, 1.54) is 0 Å². The monoisotopic (exact) mass is 340 g/mol. The molecule has 1 aromatic carbocycles. The van der Waals surface area contributed by atoms with Gasteiger partial charge >= 0.3 is 0 Å². The summed E-state index contributed by atoms with van der Waals surface area (Å²) < 4.78 is 0.984. The smallest absolute Gasteiger partial charge is 0.230 e. The second-order valence-corrected chi connectivity index (χ2v) is 6.60. The highest BCUT2D eigenvalue weighted by atomic mass is 79.9. The minimum atomic E-state index is -0.566. The Morgan fingerprint density at radius 1 is 1.45 bits per heavy atom. The number of halogens is 1. The number of benzene rings is 1. The molecule has 1 aromatic rings. The maximum absolute atomic E-state index is 12.5. The molecule has 1 unspecified atom stereocenters. The molecule has 0 saturated carbocycles. The third-order valence-electron chi connectivity index (χ3n) is 3.64. The zero-order valence-corrected chi connectivity index (χ0v) is 14.2. The Morgan fingerprint density at radius 3 is 2.70 bits per heavy atom. The zero-order valence-electron chi connectivity index (χ0n) is 12.6. The van der Waals surface area contributed by atoms with E-state index in [0.29, 0.717) is 6.54 Å². The van der Waals surface area contributed by atoms with Gasteiger partial charge in [0.1, 0.15) is 0 Å². The van der Waals surface area contributed by atoms with Crippen LogP contribution in [0.3, 0.4) is 0 Å². The number of rotatable bonds is 7. The summed E-state index contributed by atoms with van der Waals surface area (Å²) in [5.41, 5.74) is 6.18. The Bertz CT molecular complexity index is 446. The molecule has 3 nitrogen and oxygen atoms in total. The average molecular weight is 341 g/mol. The standard InChI is InChI=1S/C16H25BrN2O/c1-4-5-9-14(11-18)19-15(20)16(2,3)12-7-6-8-13(17)10-12/h6-8,10,14H,4-5,9,11,18H2,1-3H3,(H,19,20). The van der Waals surface area contributed by atoms with Crippen LogP contribution in [0.2, 0.25) is 0 Å². The molecule has 0 spiro atoms. The summed E-state index contributed by atoms with van der Waals surface area (Å²) >= 11 is 3.45. The Balaban J connectivity index is 2.78. The predicted octanol–water partition coefficient (Wildman–Crippen LogP) is 3.36. The lowest BCUT2D eigenvalue weighted by Crippen LogP contribution is -2.47. The Labute approximate surface area is 130 Å². The molecule has 0 saturated heterocycles. The number of hydrogen-bond acceptors (Lipinski definition) is 2. The van der Waals surface area contributed by atoms with Crippen LogP contribution in [0.4, 0.5) is 0 Å². The maximum atomic E-state index is 12.5. The number of amides is 1. The van der Waals surface area contributed by atoms with Crippen molar-refractivity contribution in [1.82, 2.24) is 5.32 Å².